The van der Waals surface area contributed by atoms with Crippen LogP contribution in [0.1, 0.15) is 162 Å². The molecule has 1 amide bonds. The van der Waals surface area contributed by atoms with Crippen LogP contribution in [0.3, 0.4) is 0 Å². The SMILES string of the molecule is CCCCCCCCCCCCC/C=C\CCCCCCCCC(O)C(=O)NC(COC1OC(CO)C(O)C(O)C1O)C(O)C(O)CCCC. The van der Waals surface area contributed by atoms with Gasteiger partial charge in [-0.05, 0) is 38.5 Å². The predicted molar refractivity (Wildman–Crippen MR) is 196 cm³/mol. The van der Waals surface area contributed by atoms with Gasteiger partial charge in [0.15, 0.2) is 6.29 Å². The smallest absolute Gasteiger partial charge is 0.249 e. The van der Waals surface area contributed by atoms with Crippen molar-refractivity contribution in [2.75, 3.05) is 13.2 Å². The summed E-state index contributed by atoms with van der Waals surface area (Å²) in [5.41, 5.74) is 0. The minimum Gasteiger partial charge on any atom is -0.394 e. The number of hydrogen-bond donors (Lipinski definition) is 8. The van der Waals surface area contributed by atoms with Crippen LogP contribution in [0.5, 0.6) is 0 Å². The van der Waals surface area contributed by atoms with Crippen LogP contribution in [0.4, 0.5) is 0 Å². The zero-order valence-corrected chi connectivity index (χ0v) is 31.4. The molecule has 1 heterocycles. The van der Waals surface area contributed by atoms with Gasteiger partial charge < -0.3 is 50.5 Å². The van der Waals surface area contributed by atoms with Gasteiger partial charge in [0.05, 0.1) is 25.4 Å². The standard InChI is InChI=1S/C39H75NO10/c1-3-5-7-8-9-10-11-12-13-14-15-16-17-18-19-20-21-22-23-24-25-27-32(43)38(48)40-30(34(44)31(42)26-6-4-2)29-49-39-37(47)36(46)35(45)33(28-41)50-39/h17-18,30-37,39,41-47H,3-16,19-29H2,1-2H3,(H,40,48)/b18-17-. The second kappa shape index (κ2) is 30.3. The predicted octanol–water partition coefficient (Wildman–Crippen LogP) is 4.94. The summed E-state index contributed by atoms with van der Waals surface area (Å²) >= 11 is 0. The van der Waals surface area contributed by atoms with E-state index in [0.717, 1.165) is 38.5 Å². The van der Waals surface area contributed by atoms with E-state index < -0.39 is 74.2 Å². The van der Waals surface area contributed by atoms with Crippen LogP contribution in [0, 0.1) is 0 Å². The summed E-state index contributed by atoms with van der Waals surface area (Å²) in [5, 5.41) is 74.1. The number of aliphatic hydroxyl groups excluding tert-OH is 7. The first-order chi connectivity index (χ1) is 24.2. The van der Waals surface area contributed by atoms with Crippen LogP contribution < -0.4 is 5.32 Å². The fourth-order valence-corrected chi connectivity index (χ4v) is 6.36. The van der Waals surface area contributed by atoms with Crippen molar-refractivity contribution in [3.05, 3.63) is 12.2 Å². The van der Waals surface area contributed by atoms with Gasteiger partial charge in [0.2, 0.25) is 5.91 Å². The molecule has 11 nitrogen and oxygen atoms in total. The van der Waals surface area contributed by atoms with Crippen LogP contribution in [0.2, 0.25) is 0 Å². The highest BCUT2D eigenvalue weighted by Gasteiger charge is 2.44. The molecule has 0 aliphatic carbocycles. The Morgan fingerprint density at radius 1 is 0.680 bits per heavy atom. The molecule has 11 heteroatoms. The van der Waals surface area contributed by atoms with Crippen molar-refractivity contribution < 1.29 is 50.0 Å². The molecule has 0 saturated carbocycles. The molecule has 1 rings (SSSR count). The van der Waals surface area contributed by atoms with Gasteiger partial charge in [0.25, 0.3) is 0 Å². The molecule has 0 aromatic rings. The number of allylic oxidation sites excluding steroid dienone is 2. The van der Waals surface area contributed by atoms with Crippen molar-refractivity contribution in [1.82, 2.24) is 5.32 Å². The van der Waals surface area contributed by atoms with E-state index in [-0.39, 0.29) is 12.8 Å². The van der Waals surface area contributed by atoms with E-state index in [2.05, 4.69) is 24.4 Å². The number of amides is 1. The maximum Gasteiger partial charge on any atom is 0.249 e. The van der Waals surface area contributed by atoms with Crippen molar-refractivity contribution in [2.24, 2.45) is 0 Å². The highest BCUT2D eigenvalue weighted by molar-refractivity contribution is 5.80. The monoisotopic (exact) mass is 718 g/mol. The third kappa shape index (κ3) is 20.8. The molecule has 8 N–H and O–H groups in total. The number of carbonyl (C=O) groups is 1. The molecule has 0 aromatic carbocycles. The van der Waals surface area contributed by atoms with Crippen molar-refractivity contribution >= 4 is 5.91 Å². The van der Waals surface area contributed by atoms with Crippen molar-refractivity contribution in [2.45, 2.75) is 217 Å². The first-order valence-electron chi connectivity index (χ1n) is 20.1. The van der Waals surface area contributed by atoms with Crippen molar-refractivity contribution in [1.29, 1.82) is 0 Å². The molecular formula is C39H75NO10. The normalized spacial score (nSPS) is 23.6. The summed E-state index contributed by atoms with van der Waals surface area (Å²) in [6.07, 6.45) is 18.5. The maximum atomic E-state index is 12.8. The third-order valence-corrected chi connectivity index (χ3v) is 9.82. The molecular weight excluding hydrogens is 642 g/mol. The Morgan fingerprint density at radius 3 is 1.70 bits per heavy atom. The van der Waals surface area contributed by atoms with Gasteiger partial charge in [-0.3, -0.25) is 4.79 Å². The fraction of sp³-hybridized carbons (Fsp3) is 0.923. The molecule has 1 saturated heterocycles. The molecule has 0 spiro atoms. The second-order valence-corrected chi connectivity index (χ2v) is 14.4. The van der Waals surface area contributed by atoms with E-state index in [1.807, 2.05) is 6.92 Å². The highest BCUT2D eigenvalue weighted by atomic mass is 16.7. The van der Waals surface area contributed by atoms with Crippen LogP contribution in [-0.4, -0.2) is 110 Å². The minimum atomic E-state index is -1.66. The Kier molecular flexibility index (Phi) is 28.4. The molecule has 1 fully saturated rings. The Morgan fingerprint density at radius 2 is 1.18 bits per heavy atom. The number of nitrogens with one attached hydrogen (secondary N) is 1. The lowest BCUT2D eigenvalue weighted by atomic mass is 9.99. The van der Waals surface area contributed by atoms with Gasteiger partial charge in [0.1, 0.15) is 36.6 Å². The average Bonchev–Trinajstić information content (AvgIpc) is 3.12. The van der Waals surface area contributed by atoms with E-state index >= 15 is 0 Å². The first kappa shape index (κ1) is 46.9. The summed E-state index contributed by atoms with van der Waals surface area (Å²) in [7, 11) is 0. The summed E-state index contributed by atoms with van der Waals surface area (Å²) in [5.74, 6) is -0.714. The fourth-order valence-electron chi connectivity index (χ4n) is 6.36. The van der Waals surface area contributed by atoms with Gasteiger partial charge in [0, 0.05) is 0 Å². The highest BCUT2D eigenvalue weighted by Crippen LogP contribution is 2.23. The maximum absolute atomic E-state index is 12.8. The lowest BCUT2D eigenvalue weighted by molar-refractivity contribution is -0.303. The quantitative estimate of drug-likeness (QED) is 0.0350. The molecule has 9 unspecified atom stereocenters. The van der Waals surface area contributed by atoms with Crippen molar-refractivity contribution in [3.8, 4) is 0 Å². The van der Waals surface area contributed by atoms with E-state index in [9.17, 15) is 40.5 Å². The molecule has 1 aliphatic rings. The number of unbranched alkanes of at least 4 members (excludes halogenated alkanes) is 18. The Balaban J connectivity index is 2.26. The first-order valence-corrected chi connectivity index (χ1v) is 20.1. The number of rotatable bonds is 32. The Labute approximate surface area is 302 Å². The summed E-state index contributed by atoms with van der Waals surface area (Å²) in [4.78, 5) is 12.8. The van der Waals surface area contributed by atoms with Gasteiger partial charge in [-0.25, -0.2) is 0 Å². The number of aliphatic hydroxyl groups is 7. The summed E-state index contributed by atoms with van der Waals surface area (Å²) in [6.45, 7) is 3.14. The molecule has 1 aliphatic heterocycles. The second-order valence-electron chi connectivity index (χ2n) is 14.4. The van der Waals surface area contributed by atoms with E-state index in [0.29, 0.717) is 12.8 Å². The van der Waals surface area contributed by atoms with Crippen LogP contribution in [0.15, 0.2) is 12.2 Å². The molecule has 50 heavy (non-hydrogen) atoms. The molecule has 0 radical (unpaired) electrons. The largest absolute Gasteiger partial charge is 0.394 e. The van der Waals surface area contributed by atoms with Gasteiger partial charge in [-0.15, -0.1) is 0 Å². The number of ether oxygens (including phenoxy) is 2. The molecule has 296 valence electrons. The van der Waals surface area contributed by atoms with Gasteiger partial charge >= 0.3 is 0 Å². The van der Waals surface area contributed by atoms with E-state index in [1.54, 1.807) is 0 Å². The van der Waals surface area contributed by atoms with Crippen LogP contribution in [0.25, 0.3) is 0 Å². The molecule has 9 atom stereocenters. The van der Waals surface area contributed by atoms with Crippen LogP contribution >= 0.6 is 0 Å². The zero-order chi connectivity index (χ0) is 37.0. The third-order valence-electron chi connectivity index (χ3n) is 9.82. The molecule has 0 aromatic heterocycles. The van der Waals surface area contributed by atoms with Crippen molar-refractivity contribution in [3.63, 3.8) is 0 Å². The lowest BCUT2D eigenvalue weighted by Crippen LogP contribution is -2.60. The van der Waals surface area contributed by atoms with Gasteiger partial charge in [-0.2, -0.15) is 0 Å². The summed E-state index contributed by atoms with van der Waals surface area (Å²) < 4.78 is 10.9. The average molecular weight is 718 g/mol. The Hall–Kier alpha value is -1.15. The lowest BCUT2D eigenvalue weighted by Gasteiger charge is -2.40. The molecule has 0 bridgehead atoms. The summed E-state index contributed by atoms with van der Waals surface area (Å²) in [6, 6.07) is -1.16. The number of carbonyl (C=O) groups excluding carboxylic acids is 1. The van der Waals surface area contributed by atoms with Gasteiger partial charge in [-0.1, -0.05) is 135 Å². The number of hydrogen-bond acceptors (Lipinski definition) is 10. The zero-order valence-electron chi connectivity index (χ0n) is 31.4. The van der Waals surface area contributed by atoms with E-state index in [1.165, 1.54) is 83.5 Å². The topological polar surface area (TPSA) is 189 Å². The van der Waals surface area contributed by atoms with Crippen LogP contribution in [-0.2, 0) is 14.3 Å². The Bertz CT molecular complexity index is 831. The van der Waals surface area contributed by atoms with E-state index in [4.69, 9.17) is 9.47 Å². The minimum absolute atomic E-state index is 0.252.